The van der Waals surface area contributed by atoms with Crippen molar-refractivity contribution in [3.05, 3.63) is 58.7 Å². The van der Waals surface area contributed by atoms with Gasteiger partial charge in [-0.25, -0.2) is 0 Å². The van der Waals surface area contributed by atoms with E-state index in [0.29, 0.717) is 37.1 Å². The monoisotopic (exact) mass is 735 g/mol. The summed E-state index contributed by atoms with van der Waals surface area (Å²) in [7, 11) is 0. The fourth-order valence-corrected chi connectivity index (χ4v) is 5.29. The van der Waals surface area contributed by atoms with Gasteiger partial charge < -0.3 is 10.6 Å². The molecule has 15 heteroatoms. The van der Waals surface area contributed by atoms with Crippen LogP contribution in [-0.4, -0.2) is 12.5 Å². The van der Waals surface area contributed by atoms with Crippen LogP contribution in [0.5, 0.6) is 0 Å². The van der Waals surface area contributed by atoms with E-state index in [1.165, 1.54) is 57.8 Å². The van der Waals surface area contributed by atoms with Gasteiger partial charge in [0, 0.05) is 17.9 Å². The van der Waals surface area contributed by atoms with Crippen molar-refractivity contribution in [1.29, 1.82) is 0 Å². The number of hydrogen-bond acceptors (Lipinski definition) is 1. The number of aliphatic imine (C=N–C) groups is 1. The molecule has 0 amide bonds. The molecule has 0 saturated carbocycles. The van der Waals surface area contributed by atoms with Crippen molar-refractivity contribution >= 4 is 17.3 Å². The average Bonchev–Trinajstić information content (AvgIpc) is 3.00. The highest BCUT2D eigenvalue weighted by Gasteiger charge is 2.38. The number of halogens is 12. The molecule has 50 heavy (non-hydrogen) atoms. The van der Waals surface area contributed by atoms with Crippen molar-refractivity contribution < 1.29 is 52.7 Å². The summed E-state index contributed by atoms with van der Waals surface area (Å²) in [6, 6.07) is 1.08. The highest BCUT2D eigenvalue weighted by Crippen LogP contribution is 2.39. The molecule has 0 bridgehead atoms. The second-order valence-corrected chi connectivity index (χ2v) is 12.4. The summed E-state index contributed by atoms with van der Waals surface area (Å²) in [4.78, 5) is 4.05. The van der Waals surface area contributed by atoms with E-state index >= 15 is 0 Å². The molecule has 0 aliphatic rings. The molecule has 0 fully saturated rings. The quantitative estimate of drug-likeness (QED) is 0.0652. The second-order valence-electron chi connectivity index (χ2n) is 12.4. The van der Waals surface area contributed by atoms with Gasteiger partial charge in [0.15, 0.2) is 5.96 Å². The van der Waals surface area contributed by atoms with Crippen LogP contribution in [0.3, 0.4) is 0 Å². The molecule has 2 N–H and O–H groups in total. The van der Waals surface area contributed by atoms with Crippen molar-refractivity contribution in [1.82, 2.24) is 0 Å². The maximum Gasteiger partial charge on any atom is 0.416 e. The standard InChI is InChI=1S/C35H45F12N3/c1-2-3-4-5-6-7-8-9-10-11-12-13-14-15-16-17-18-48-31(49-29-21-25(32(36,37)38)19-26(22-29)33(39,40)41)50-30-23-27(34(42,43)44)20-28(24-30)35(45,46)47/h19-24H,2-18H2,1H3,(H2,48,49,50). The Hall–Kier alpha value is -3.13. The molecule has 3 nitrogen and oxygen atoms in total. The Kier molecular flexibility index (Phi) is 17.3. The Morgan fingerprint density at radius 2 is 0.680 bits per heavy atom. The van der Waals surface area contributed by atoms with E-state index in [1.54, 1.807) is 0 Å². The third kappa shape index (κ3) is 16.7. The number of guanidine groups is 1. The highest BCUT2D eigenvalue weighted by molar-refractivity contribution is 6.03. The molecule has 2 rings (SSSR count). The first-order valence-electron chi connectivity index (χ1n) is 17.0. The predicted octanol–water partition coefficient (Wildman–Crippen LogP) is 13.9. The fraction of sp³-hybridized carbons (Fsp3) is 0.629. The lowest BCUT2D eigenvalue weighted by Crippen LogP contribution is -2.24. The van der Waals surface area contributed by atoms with Crippen LogP contribution in [0.15, 0.2) is 41.4 Å². The van der Waals surface area contributed by atoms with Crippen molar-refractivity contribution in [3.8, 4) is 0 Å². The van der Waals surface area contributed by atoms with Gasteiger partial charge in [-0.3, -0.25) is 4.99 Å². The van der Waals surface area contributed by atoms with Gasteiger partial charge in [0.1, 0.15) is 0 Å². The normalized spacial score (nSPS) is 12.7. The largest absolute Gasteiger partial charge is 0.416 e. The Bertz CT molecular complexity index is 1170. The zero-order chi connectivity index (χ0) is 37.4. The molecule has 0 spiro atoms. The minimum Gasteiger partial charge on any atom is -0.326 e. The molecule has 0 aliphatic heterocycles. The summed E-state index contributed by atoms with van der Waals surface area (Å²) in [5, 5.41) is 4.40. The number of hydrogen-bond donors (Lipinski definition) is 2. The van der Waals surface area contributed by atoms with Gasteiger partial charge in [0.2, 0.25) is 0 Å². The minimum atomic E-state index is -5.20. The average molecular weight is 736 g/mol. The first kappa shape index (κ1) is 43.0. The van der Waals surface area contributed by atoms with Crippen LogP contribution in [0.4, 0.5) is 64.1 Å². The van der Waals surface area contributed by atoms with E-state index in [-0.39, 0.29) is 18.7 Å². The van der Waals surface area contributed by atoms with Crippen LogP contribution in [0.2, 0.25) is 0 Å². The zero-order valence-electron chi connectivity index (χ0n) is 28.0. The SMILES string of the molecule is CCCCCCCCCCCCCCCCCCN=C(Nc1cc(C(F)(F)F)cc(C(F)(F)F)c1)Nc1cc(C(F)(F)F)cc(C(F)(F)F)c1. The molecule has 0 aliphatic carbocycles. The number of benzene rings is 2. The van der Waals surface area contributed by atoms with Crippen molar-refractivity contribution in [2.45, 2.75) is 134 Å². The first-order valence-corrected chi connectivity index (χ1v) is 17.0. The van der Waals surface area contributed by atoms with Crippen molar-refractivity contribution in [2.75, 3.05) is 17.2 Å². The van der Waals surface area contributed by atoms with Crippen LogP contribution >= 0.6 is 0 Å². The lowest BCUT2D eigenvalue weighted by atomic mass is 10.0. The van der Waals surface area contributed by atoms with Crippen molar-refractivity contribution in [3.63, 3.8) is 0 Å². The molecule has 0 heterocycles. The Balaban J connectivity index is 2.07. The lowest BCUT2D eigenvalue weighted by Gasteiger charge is -2.19. The predicted molar refractivity (Wildman–Crippen MR) is 172 cm³/mol. The van der Waals surface area contributed by atoms with Crippen molar-refractivity contribution in [2.24, 2.45) is 4.99 Å². The van der Waals surface area contributed by atoms with Gasteiger partial charge in [-0.05, 0) is 42.8 Å². The molecular formula is C35H45F12N3. The number of alkyl halides is 12. The summed E-state index contributed by atoms with van der Waals surface area (Å²) in [6.07, 6.45) is -3.44. The number of anilines is 2. The Labute approximate surface area is 285 Å². The summed E-state index contributed by atoms with van der Waals surface area (Å²) < 4.78 is 161. The summed E-state index contributed by atoms with van der Waals surface area (Å²) in [5.41, 5.74) is -8.27. The highest BCUT2D eigenvalue weighted by atomic mass is 19.4. The molecule has 0 unspecified atom stereocenters. The first-order chi connectivity index (χ1) is 23.3. The van der Waals surface area contributed by atoms with Gasteiger partial charge in [0.05, 0.1) is 22.3 Å². The van der Waals surface area contributed by atoms with E-state index in [0.717, 1.165) is 32.1 Å². The lowest BCUT2D eigenvalue weighted by molar-refractivity contribution is -0.144. The summed E-state index contributed by atoms with van der Waals surface area (Å²) in [5.74, 6) is -0.633. The summed E-state index contributed by atoms with van der Waals surface area (Å²) in [6.45, 7) is 2.13. The van der Waals surface area contributed by atoms with Gasteiger partial charge in [-0.15, -0.1) is 0 Å². The number of unbranched alkanes of at least 4 members (excludes halogenated alkanes) is 15. The number of nitrogens with zero attached hydrogens (tertiary/aromatic N) is 1. The Morgan fingerprint density at radius 3 is 0.940 bits per heavy atom. The third-order valence-electron chi connectivity index (χ3n) is 7.98. The minimum absolute atomic E-state index is 0.0655. The smallest absolute Gasteiger partial charge is 0.326 e. The van der Waals surface area contributed by atoms with Crippen LogP contribution < -0.4 is 10.6 Å². The second kappa shape index (κ2) is 20.0. The van der Waals surface area contributed by atoms with E-state index < -0.39 is 64.3 Å². The van der Waals surface area contributed by atoms with Gasteiger partial charge in [-0.2, -0.15) is 52.7 Å². The molecule has 2 aromatic rings. The van der Waals surface area contributed by atoms with E-state index in [9.17, 15) is 52.7 Å². The molecule has 0 saturated heterocycles. The molecule has 0 atom stereocenters. The molecule has 0 radical (unpaired) electrons. The molecular weight excluding hydrogens is 690 g/mol. The summed E-state index contributed by atoms with van der Waals surface area (Å²) >= 11 is 0. The number of rotatable bonds is 19. The molecule has 0 aromatic heterocycles. The van der Waals surface area contributed by atoms with Gasteiger partial charge in [-0.1, -0.05) is 103 Å². The van der Waals surface area contributed by atoms with E-state index in [1.807, 2.05) is 0 Å². The third-order valence-corrected chi connectivity index (χ3v) is 7.98. The zero-order valence-corrected chi connectivity index (χ0v) is 28.0. The molecule has 284 valence electrons. The van der Waals surface area contributed by atoms with Gasteiger partial charge in [0.25, 0.3) is 0 Å². The maximum absolute atomic E-state index is 13.4. The van der Waals surface area contributed by atoms with Crippen LogP contribution in [0.25, 0.3) is 0 Å². The maximum atomic E-state index is 13.4. The van der Waals surface area contributed by atoms with Crippen LogP contribution in [0.1, 0.15) is 132 Å². The van der Waals surface area contributed by atoms with Gasteiger partial charge >= 0.3 is 24.7 Å². The van der Waals surface area contributed by atoms with E-state index in [2.05, 4.69) is 22.5 Å². The fourth-order valence-electron chi connectivity index (χ4n) is 5.29. The Morgan fingerprint density at radius 1 is 0.420 bits per heavy atom. The van der Waals surface area contributed by atoms with E-state index in [4.69, 9.17) is 0 Å². The number of nitrogens with one attached hydrogen (secondary N) is 2. The topological polar surface area (TPSA) is 36.4 Å². The molecule has 2 aromatic carbocycles. The van der Waals surface area contributed by atoms with Crippen LogP contribution in [-0.2, 0) is 24.7 Å². The van der Waals surface area contributed by atoms with Crippen LogP contribution in [0, 0.1) is 0 Å².